The molecule has 1 aliphatic heterocycles. The van der Waals surface area contributed by atoms with E-state index in [4.69, 9.17) is 4.74 Å². The molecule has 8 nitrogen and oxygen atoms in total. The number of hydrogen-bond acceptors (Lipinski definition) is 4. The van der Waals surface area contributed by atoms with Crippen LogP contribution in [0.3, 0.4) is 0 Å². The molecule has 28 heavy (non-hydrogen) atoms. The number of carbonyl (C=O) groups is 1. The summed E-state index contributed by atoms with van der Waals surface area (Å²) in [5.41, 5.74) is 3.48. The van der Waals surface area contributed by atoms with Crippen LogP contribution in [0, 0.1) is 13.8 Å². The van der Waals surface area contributed by atoms with Crippen molar-refractivity contribution < 1.29 is 9.53 Å². The number of ether oxygens (including phenoxy) is 1. The summed E-state index contributed by atoms with van der Waals surface area (Å²) in [6.07, 6.45) is 4.42. The molecule has 1 aromatic rings. The number of likely N-dealkylation sites (N-methyl/N-ethyl adjacent to an activating group) is 1. The van der Waals surface area contributed by atoms with Crippen LogP contribution in [0.5, 0.6) is 0 Å². The van der Waals surface area contributed by atoms with Crippen molar-refractivity contribution in [3.8, 4) is 0 Å². The summed E-state index contributed by atoms with van der Waals surface area (Å²) in [7, 11) is 5.45. The molecule has 158 valence electrons. The van der Waals surface area contributed by atoms with Crippen molar-refractivity contribution in [1.82, 2.24) is 25.3 Å². The number of aryl methyl sites for hydroxylation is 2. The van der Waals surface area contributed by atoms with Gasteiger partial charge in [0.15, 0.2) is 5.96 Å². The summed E-state index contributed by atoms with van der Waals surface area (Å²) in [5, 5.41) is 11.3. The summed E-state index contributed by atoms with van der Waals surface area (Å²) in [6.45, 7) is 7.88. The molecule has 2 heterocycles. The second-order valence-corrected chi connectivity index (χ2v) is 7.84. The number of nitrogens with zero attached hydrogens (tertiary/aromatic N) is 4. The number of guanidine groups is 1. The van der Waals surface area contributed by atoms with Gasteiger partial charge in [-0.15, -0.1) is 0 Å². The van der Waals surface area contributed by atoms with Gasteiger partial charge < -0.3 is 20.3 Å². The molecule has 1 aromatic heterocycles. The van der Waals surface area contributed by atoms with Crippen LogP contribution in [-0.2, 0) is 23.0 Å². The van der Waals surface area contributed by atoms with E-state index >= 15 is 0 Å². The highest BCUT2D eigenvalue weighted by Crippen LogP contribution is 2.14. The minimum absolute atomic E-state index is 0.0263. The highest BCUT2D eigenvalue weighted by Gasteiger charge is 2.17. The molecule has 1 saturated heterocycles. The zero-order chi connectivity index (χ0) is 20.7. The molecule has 0 aliphatic carbocycles. The van der Waals surface area contributed by atoms with Gasteiger partial charge in [-0.25, -0.2) is 4.99 Å². The molecule has 2 atom stereocenters. The Labute approximate surface area is 168 Å². The SMILES string of the molecule is Cc1nn(C)c(C)c1CC(C)NC(=NCC(=O)N(C)C)NCC1CCCCO1. The van der Waals surface area contributed by atoms with E-state index < -0.39 is 0 Å². The van der Waals surface area contributed by atoms with Gasteiger partial charge in [0, 0.05) is 46.0 Å². The van der Waals surface area contributed by atoms with Gasteiger partial charge in [0.1, 0.15) is 6.54 Å². The molecule has 0 spiro atoms. The highest BCUT2D eigenvalue weighted by atomic mass is 16.5. The Kier molecular flexibility index (Phi) is 8.29. The van der Waals surface area contributed by atoms with E-state index in [1.54, 1.807) is 19.0 Å². The lowest BCUT2D eigenvalue weighted by molar-refractivity contribution is -0.127. The monoisotopic (exact) mass is 392 g/mol. The fourth-order valence-corrected chi connectivity index (χ4v) is 3.32. The fraction of sp³-hybridized carbons (Fsp3) is 0.750. The first kappa shape index (κ1) is 22.2. The summed E-state index contributed by atoms with van der Waals surface area (Å²) < 4.78 is 7.71. The van der Waals surface area contributed by atoms with E-state index in [2.05, 4.69) is 34.6 Å². The number of hydrogen-bond donors (Lipinski definition) is 2. The van der Waals surface area contributed by atoms with E-state index in [9.17, 15) is 4.79 Å². The Balaban J connectivity index is 1.99. The summed E-state index contributed by atoms with van der Waals surface area (Å²) in [6, 6.07) is 0.148. The van der Waals surface area contributed by atoms with Crippen LogP contribution in [0.2, 0.25) is 0 Å². The van der Waals surface area contributed by atoms with E-state index in [0.717, 1.165) is 31.6 Å². The molecule has 0 saturated carbocycles. The van der Waals surface area contributed by atoms with Crippen LogP contribution in [0.25, 0.3) is 0 Å². The summed E-state index contributed by atoms with van der Waals surface area (Å²) >= 11 is 0. The van der Waals surface area contributed by atoms with Crippen LogP contribution >= 0.6 is 0 Å². The number of aromatic nitrogens is 2. The van der Waals surface area contributed by atoms with E-state index in [0.29, 0.717) is 12.5 Å². The van der Waals surface area contributed by atoms with Gasteiger partial charge in [-0.3, -0.25) is 9.48 Å². The molecule has 1 aliphatic rings. The third-order valence-corrected chi connectivity index (χ3v) is 5.19. The average molecular weight is 393 g/mol. The molecule has 0 radical (unpaired) electrons. The fourth-order valence-electron chi connectivity index (χ4n) is 3.32. The van der Waals surface area contributed by atoms with Gasteiger partial charge in [0.25, 0.3) is 0 Å². The molecule has 2 rings (SSSR count). The smallest absolute Gasteiger partial charge is 0.243 e. The van der Waals surface area contributed by atoms with Crippen molar-refractivity contribution >= 4 is 11.9 Å². The quantitative estimate of drug-likeness (QED) is 0.537. The maximum Gasteiger partial charge on any atom is 0.243 e. The Morgan fingerprint density at radius 3 is 2.71 bits per heavy atom. The molecule has 0 bridgehead atoms. The van der Waals surface area contributed by atoms with E-state index in [1.807, 2.05) is 18.7 Å². The molecular weight excluding hydrogens is 356 g/mol. The largest absolute Gasteiger partial charge is 0.376 e. The molecule has 2 N–H and O–H groups in total. The number of amides is 1. The van der Waals surface area contributed by atoms with Crippen molar-refractivity contribution in [2.45, 2.75) is 58.6 Å². The number of rotatable bonds is 7. The van der Waals surface area contributed by atoms with Crippen molar-refractivity contribution in [3.05, 3.63) is 17.0 Å². The molecule has 2 unspecified atom stereocenters. The topological polar surface area (TPSA) is 83.8 Å². The van der Waals surface area contributed by atoms with Gasteiger partial charge in [0.2, 0.25) is 5.91 Å². The lowest BCUT2D eigenvalue weighted by atomic mass is 10.1. The van der Waals surface area contributed by atoms with Crippen LogP contribution in [0.1, 0.15) is 43.1 Å². The predicted octanol–water partition coefficient (Wildman–Crippen LogP) is 1.16. The van der Waals surface area contributed by atoms with Gasteiger partial charge >= 0.3 is 0 Å². The Morgan fingerprint density at radius 1 is 1.39 bits per heavy atom. The second-order valence-electron chi connectivity index (χ2n) is 7.84. The molecule has 8 heteroatoms. The van der Waals surface area contributed by atoms with Crippen molar-refractivity contribution in [1.29, 1.82) is 0 Å². The van der Waals surface area contributed by atoms with Gasteiger partial charge in [-0.1, -0.05) is 0 Å². The van der Waals surface area contributed by atoms with Crippen LogP contribution < -0.4 is 10.6 Å². The van der Waals surface area contributed by atoms with E-state index in [1.165, 1.54) is 17.7 Å². The average Bonchev–Trinajstić information content (AvgIpc) is 2.90. The second kappa shape index (κ2) is 10.5. The van der Waals surface area contributed by atoms with Crippen LogP contribution in [0.15, 0.2) is 4.99 Å². The first-order chi connectivity index (χ1) is 13.3. The first-order valence-corrected chi connectivity index (χ1v) is 10.1. The standard InChI is InChI=1S/C20H36N6O2/c1-14(11-18-15(2)24-26(6)16(18)3)23-20(22-13-19(27)25(4)5)21-12-17-9-7-8-10-28-17/h14,17H,7-13H2,1-6H3,(H2,21,22,23). The Hall–Kier alpha value is -2.09. The summed E-state index contributed by atoms with van der Waals surface area (Å²) in [5.74, 6) is 0.623. The molecule has 0 aromatic carbocycles. The number of aliphatic imine (C=N–C) groups is 1. The molecular formula is C20H36N6O2. The maximum atomic E-state index is 11.9. The predicted molar refractivity (Wildman–Crippen MR) is 112 cm³/mol. The third kappa shape index (κ3) is 6.51. The van der Waals surface area contributed by atoms with Gasteiger partial charge in [-0.2, -0.15) is 5.10 Å². The van der Waals surface area contributed by atoms with E-state index in [-0.39, 0.29) is 24.6 Å². The zero-order valence-corrected chi connectivity index (χ0v) is 18.2. The maximum absolute atomic E-state index is 11.9. The minimum Gasteiger partial charge on any atom is -0.376 e. The minimum atomic E-state index is -0.0263. The van der Waals surface area contributed by atoms with Crippen molar-refractivity contribution in [3.63, 3.8) is 0 Å². The van der Waals surface area contributed by atoms with Crippen LogP contribution in [-0.4, -0.2) is 72.5 Å². The van der Waals surface area contributed by atoms with Gasteiger partial charge in [0.05, 0.1) is 11.8 Å². The Bertz CT molecular complexity index is 676. The van der Waals surface area contributed by atoms with Crippen molar-refractivity contribution in [2.75, 3.05) is 33.8 Å². The molecule has 1 fully saturated rings. The highest BCUT2D eigenvalue weighted by molar-refractivity contribution is 5.84. The normalized spacial score (nSPS) is 18.6. The number of carbonyl (C=O) groups excluding carboxylic acids is 1. The lowest BCUT2D eigenvalue weighted by Gasteiger charge is -2.25. The molecule has 1 amide bonds. The first-order valence-electron chi connectivity index (χ1n) is 10.1. The van der Waals surface area contributed by atoms with Crippen LogP contribution in [0.4, 0.5) is 0 Å². The number of nitrogens with one attached hydrogen (secondary N) is 2. The van der Waals surface area contributed by atoms with Gasteiger partial charge in [-0.05, 0) is 52.0 Å². The van der Waals surface area contributed by atoms with Crippen molar-refractivity contribution in [2.24, 2.45) is 12.0 Å². The lowest BCUT2D eigenvalue weighted by Crippen LogP contribution is -2.46. The summed E-state index contributed by atoms with van der Waals surface area (Å²) in [4.78, 5) is 18.0. The Morgan fingerprint density at radius 2 is 2.14 bits per heavy atom. The third-order valence-electron chi connectivity index (χ3n) is 5.19. The zero-order valence-electron chi connectivity index (χ0n) is 18.2.